The third-order valence-corrected chi connectivity index (χ3v) is 5.41. The summed E-state index contributed by atoms with van der Waals surface area (Å²) in [4.78, 5) is 11.5. The molecule has 0 N–H and O–H groups in total. The molecule has 0 fully saturated rings. The lowest BCUT2D eigenvalue weighted by Crippen LogP contribution is -2.05. The molecule has 0 aliphatic carbocycles. The Balaban J connectivity index is 3.23. The van der Waals surface area contributed by atoms with Gasteiger partial charge < -0.3 is 4.74 Å². The molecule has 0 saturated carbocycles. The molecule has 0 atom stereocenters. The molecule has 0 spiro atoms. The van der Waals surface area contributed by atoms with E-state index in [9.17, 15) is 4.79 Å². The van der Waals surface area contributed by atoms with Crippen molar-refractivity contribution in [1.82, 2.24) is 0 Å². The summed E-state index contributed by atoms with van der Waals surface area (Å²) in [6, 6.07) is 0. The van der Waals surface area contributed by atoms with Gasteiger partial charge in [0.25, 0.3) is 0 Å². The van der Waals surface area contributed by atoms with E-state index in [1.807, 2.05) is 0 Å². The molecule has 6 heteroatoms. The van der Waals surface area contributed by atoms with Crippen molar-refractivity contribution in [2.24, 2.45) is 0 Å². The number of rotatable bonds is 14. The van der Waals surface area contributed by atoms with Crippen LogP contribution < -0.4 is 0 Å². The smallest absolute Gasteiger partial charge is 0.305 e. The lowest BCUT2D eigenvalue weighted by molar-refractivity contribution is -0.143. The zero-order valence-electron chi connectivity index (χ0n) is 13.1. The van der Waals surface area contributed by atoms with E-state index in [0.717, 1.165) is 44.9 Å². The van der Waals surface area contributed by atoms with Gasteiger partial charge in [0, 0.05) is 12.2 Å². The molecular weight excluding hydrogens is 351 g/mol. The van der Waals surface area contributed by atoms with Crippen molar-refractivity contribution >= 4 is 45.7 Å². The van der Waals surface area contributed by atoms with Crippen LogP contribution in [0.2, 0.25) is 0 Å². The zero-order valence-corrected chi connectivity index (χ0v) is 16.1. The van der Waals surface area contributed by atoms with Crippen LogP contribution in [-0.4, -0.2) is 18.3 Å². The summed E-state index contributed by atoms with van der Waals surface area (Å²) in [7, 11) is 15.4. The van der Waals surface area contributed by atoms with E-state index in [4.69, 9.17) is 36.8 Å². The molecule has 0 saturated heterocycles. The maximum atomic E-state index is 11.5. The number of ether oxygens (including phenoxy) is 1. The maximum absolute atomic E-state index is 11.5. The predicted octanol–water partition coefficient (Wildman–Crippen LogP) is 7.11. The second-order valence-electron chi connectivity index (χ2n) is 5.36. The van der Waals surface area contributed by atoms with Gasteiger partial charge in [-0.25, -0.2) is 0 Å². The van der Waals surface area contributed by atoms with Crippen LogP contribution in [0.25, 0.3) is 0 Å². The minimum atomic E-state index is -1.91. The number of hydrogen-bond acceptors (Lipinski definition) is 2. The molecule has 0 unspecified atom stereocenters. The van der Waals surface area contributed by atoms with Crippen LogP contribution in [0, 0.1) is 0 Å². The molecule has 2 nitrogen and oxygen atoms in total. The Hall–Kier alpha value is 0.690. The van der Waals surface area contributed by atoms with Crippen LogP contribution in [0.15, 0.2) is 0 Å². The Labute approximate surface area is 145 Å². The maximum Gasteiger partial charge on any atom is 0.305 e. The van der Waals surface area contributed by atoms with Crippen LogP contribution in [-0.2, 0) is 9.53 Å². The van der Waals surface area contributed by atoms with Gasteiger partial charge in [0.1, 0.15) is 0 Å². The highest BCUT2D eigenvalue weighted by Crippen LogP contribution is 2.63. The van der Waals surface area contributed by atoms with Gasteiger partial charge in [-0.1, -0.05) is 51.9 Å². The van der Waals surface area contributed by atoms with Crippen molar-refractivity contribution in [1.29, 1.82) is 0 Å². The lowest BCUT2D eigenvalue weighted by atomic mass is 10.1. The Bertz CT molecular complexity index is 258. The minimum absolute atomic E-state index is 0.0590. The molecular formula is C15H29Cl3O2S. The summed E-state index contributed by atoms with van der Waals surface area (Å²) in [5.74, 6) is 0.619. The van der Waals surface area contributed by atoms with Crippen molar-refractivity contribution in [2.75, 3.05) is 12.4 Å². The molecule has 0 aromatic carbocycles. The Morgan fingerprint density at radius 2 is 1.43 bits per heavy atom. The molecule has 0 aliphatic rings. The lowest BCUT2D eigenvalue weighted by Gasteiger charge is -2.14. The first-order valence-corrected chi connectivity index (χ1v) is 12.3. The van der Waals surface area contributed by atoms with Gasteiger partial charge in [0.15, 0.2) is 0 Å². The Morgan fingerprint density at radius 3 is 2.10 bits per heavy atom. The molecule has 0 rings (SSSR count). The van der Waals surface area contributed by atoms with E-state index in [1.165, 1.54) is 19.3 Å². The molecule has 21 heavy (non-hydrogen) atoms. The number of halogens is 3. The van der Waals surface area contributed by atoms with E-state index in [0.29, 0.717) is 18.8 Å². The highest BCUT2D eigenvalue weighted by molar-refractivity contribution is 8.79. The van der Waals surface area contributed by atoms with E-state index in [2.05, 4.69) is 6.92 Å². The third kappa shape index (κ3) is 18.6. The minimum Gasteiger partial charge on any atom is -0.466 e. The summed E-state index contributed by atoms with van der Waals surface area (Å²) < 4.78 is 5.21. The van der Waals surface area contributed by atoms with Crippen molar-refractivity contribution in [3.05, 3.63) is 0 Å². The summed E-state index contributed by atoms with van der Waals surface area (Å²) in [5, 5.41) is 0. The molecule has 0 heterocycles. The number of carbonyl (C=O) groups excluding carboxylic acids is 1. The number of hydrogen-bond donors (Lipinski definition) is 0. The Kier molecular flexibility index (Phi) is 14.8. The first kappa shape index (κ1) is 21.7. The quantitative estimate of drug-likeness (QED) is 0.237. The van der Waals surface area contributed by atoms with Crippen molar-refractivity contribution in [3.63, 3.8) is 0 Å². The fraction of sp³-hybridized carbons (Fsp3) is 0.933. The Morgan fingerprint density at radius 1 is 0.857 bits per heavy atom. The molecule has 0 amide bonds. The summed E-state index contributed by atoms with van der Waals surface area (Å²) in [6.45, 7) is 2.77. The molecule has 0 aromatic heterocycles. The zero-order chi connectivity index (χ0) is 16.0. The fourth-order valence-corrected chi connectivity index (χ4v) is 3.54. The normalized spacial score (nSPS) is 12.4. The van der Waals surface area contributed by atoms with E-state index < -0.39 is 7.67 Å². The average molecular weight is 380 g/mol. The SMILES string of the molecule is CCCCCCCOC(=O)CCCCCCCS(Cl)(Cl)Cl. The fourth-order valence-electron chi connectivity index (χ4n) is 2.03. The van der Waals surface area contributed by atoms with Gasteiger partial charge in [-0.3, -0.25) is 4.79 Å². The first-order valence-electron chi connectivity index (χ1n) is 8.01. The van der Waals surface area contributed by atoms with Gasteiger partial charge in [-0.05, 0) is 59.0 Å². The van der Waals surface area contributed by atoms with Gasteiger partial charge in [0.05, 0.1) is 6.61 Å². The number of carbonyl (C=O) groups is 1. The number of unbranched alkanes of at least 4 members (excludes halogenated alkanes) is 8. The van der Waals surface area contributed by atoms with Crippen LogP contribution >= 0.6 is 39.7 Å². The standard InChI is InChI=1S/C15H29Cl3O2S/c1-2-3-4-7-10-13-20-15(19)12-9-6-5-8-11-14-21(16,17)18/h2-14H2,1H3. The summed E-state index contributed by atoms with van der Waals surface area (Å²) in [6.07, 6.45) is 11.5. The summed E-state index contributed by atoms with van der Waals surface area (Å²) >= 11 is 0. The summed E-state index contributed by atoms with van der Waals surface area (Å²) in [5.41, 5.74) is 0. The number of esters is 1. The van der Waals surface area contributed by atoms with Gasteiger partial charge >= 0.3 is 5.97 Å². The molecule has 0 radical (unpaired) electrons. The predicted molar refractivity (Wildman–Crippen MR) is 97.4 cm³/mol. The monoisotopic (exact) mass is 378 g/mol. The second-order valence-corrected chi connectivity index (χ2v) is 12.9. The van der Waals surface area contributed by atoms with Gasteiger partial charge in [-0.15, -0.1) is 0 Å². The van der Waals surface area contributed by atoms with Gasteiger partial charge in [-0.2, -0.15) is 0 Å². The molecule has 128 valence electrons. The van der Waals surface area contributed by atoms with E-state index in [1.54, 1.807) is 0 Å². The molecule has 0 aliphatic heterocycles. The second kappa shape index (κ2) is 14.3. The molecule has 0 aromatic rings. The third-order valence-electron chi connectivity index (χ3n) is 3.27. The van der Waals surface area contributed by atoms with E-state index >= 15 is 0 Å². The van der Waals surface area contributed by atoms with Crippen molar-refractivity contribution < 1.29 is 9.53 Å². The van der Waals surface area contributed by atoms with Crippen molar-refractivity contribution in [2.45, 2.75) is 77.6 Å². The van der Waals surface area contributed by atoms with Crippen LogP contribution in [0.4, 0.5) is 0 Å². The van der Waals surface area contributed by atoms with E-state index in [-0.39, 0.29) is 5.97 Å². The van der Waals surface area contributed by atoms with Gasteiger partial charge in [0.2, 0.25) is 0 Å². The average Bonchev–Trinajstić information content (AvgIpc) is 2.40. The topological polar surface area (TPSA) is 26.3 Å². The molecule has 0 bridgehead atoms. The van der Waals surface area contributed by atoms with Crippen LogP contribution in [0.1, 0.15) is 77.6 Å². The highest BCUT2D eigenvalue weighted by atomic mass is 36.2. The van der Waals surface area contributed by atoms with Crippen LogP contribution in [0.5, 0.6) is 0 Å². The highest BCUT2D eigenvalue weighted by Gasteiger charge is 2.11. The van der Waals surface area contributed by atoms with Crippen LogP contribution in [0.3, 0.4) is 0 Å². The largest absolute Gasteiger partial charge is 0.466 e. The van der Waals surface area contributed by atoms with Crippen molar-refractivity contribution in [3.8, 4) is 0 Å². The first-order chi connectivity index (χ1) is 9.95.